The summed E-state index contributed by atoms with van der Waals surface area (Å²) in [5, 5.41) is 0. The summed E-state index contributed by atoms with van der Waals surface area (Å²) < 4.78 is 4.88. The van der Waals surface area contributed by atoms with E-state index in [0.717, 1.165) is 16.7 Å². The minimum Gasteiger partial charge on any atom is -0.460 e. The quantitative estimate of drug-likeness (QED) is 0.754. The first-order chi connectivity index (χ1) is 6.40. The summed E-state index contributed by atoms with van der Waals surface area (Å²) in [4.78, 5) is 0. The van der Waals surface area contributed by atoms with Crippen LogP contribution in [0.4, 0.5) is 0 Å². The van der Waals surface area contributed by atoms with Gasteiger partial charge in [-0.25, -0.2) is 0 Å². The summed E-state index contributed by atoms with van der Waals surface area (Å²) in [6, 6.07) is 9.91. The Morgan fingerprint density at radius 3 is 2.46 bits per heavy atom. The van der Waals surface area contributed by atoms with E-state index >= 15 is 0 Å². The molecule has 65 valence electrons. The third kappa shape index (κ3) is 1.63. The maximum absolute atomic E-state index is 5.49. The first-order valence-corrected chi connectivity index (χ1v) is 4.14. The summed E-state index contributed by atoms with van der Waals surface area (Å²) in [6.45, 7) is 0.581. The fourth-order valence-electron chi connectivity index (χ4n) is 1.21. The zero-order chi connectivity index (χ0) is 9.10. The molecule has 0 aliphatic rings. The van der Waals surface area contributed by atoms with Gasteiger partial charge in [-0.05, 0) is 17.2 Å². The molecule has 2 heteroatoms. The highest BCUT2D eigenvalue weighted by Gasteiger charge is 1.98. The molecule has 2 nitrogen and oxygen atoms in total. The number of hydrogen-bond donors (Lipinski definition) is 1. The van der Waals surface area contributed by atoms with E-state index in [-0.39, 0.29) is 0 Å². The second-order valence-electron chi connectivity index (χ2n) is 2.85. The molecule has 0 saturated heterocycles. The van der Waals surface area contributed by atoms with Gasteiger partial charge in [0.25, 0.3) is 0 Å². The molecule has 2 rings (SSSR count). The van der Waals surface area contributed by atoms with Crippen molar-refractivity contribution in [2.75, 3.05) is 0 Å². The molecule has 0 aliphatic heterocycles. The molecular formula is C11H10NO. The van der Waals surface area contributed by atoms with E-state index in [1.807, 2.05) is 30.3 Å². The monoisotopic (exact) mass is 172 g/mol. The molecule has 0 unspecified atom stereocenters. The van der Waals surface area contributed by atoms with Crippen molar-refractivity contribution < 1.29 is 4.42 Å². The second kappa shape index (κ2) is 3.46. The van der Waals surface area contributed by atoms with E-state index in [4.69, 9.17) is 10.2 Å². The first kappa shape index (κ1) is 8.08. The molecule has 0 bridgehead atoms. The Morgan fingerprint density at radius 1 is 1.15 bits per heavy atom. The third-order valence-corrected chi connectivity index (χ3v) is 1.99. The number of rotatable bonds is 2. The molecule has 1 heterocycles. The van der Waals surface area contributed by atoms with Crippen LogP contribution in [0.25, 0.3) is 11.1 Å². The van der Waals surface area contributed by atoms with Gasteiger partial charge in [-0.2, -0.15) is 0 Å². The van der Waals surface area contributed by atoms with Gasteiger partial charge in [-0.3, -0.25) is 0 Å². The van der Waals surface area contributed by atoms with Crippen molar-refractivity contribution in [3.63, 3.8) is 0 Å². The summed E-state index contributed by atoms with van der Waals surface area (Å²) >= 11 is 0. The molecule has 2 N–H and O–H groups in total. The van der Waals surface area contributed by atoms with Crippen molar-refractivity contribution in [1.29, 1.82) is 0 Å². The molecule has 0 fully saturated rings. The van der Waals surface area contributed by atoms with Gasteiger partial charge in [0.05, 0.1) is 6.26 Å². The van der Waals surface area contributed by atoms with Crippen molar-refractivity contribution >= 4 is 0 Å². The summed E-state index contributed by atoms with van der Waals surface area (Å²) in [7, 11) is 0. The van der Waals surface area contributed by atoms with Gasteiger partial charge in [0, 0.05) is 12.1 Å². The van der Waals surface area contributed by atoms with Crippen molar-refractivity contribution in [2.24, 2.45) is 5.73 Å². The van der Waals surface area contributed by atoms with E-state index in [2.05, 4.69) is 6.26 Å². The van der Waals surface area contributed by atoms with Crippen LogP contribution in [0.3, 0.4) is 0 Å². The van der Waals surface area contributed by atoms with Gasteiger partial charge in [0.2, 0.25) is 0 Å². The van der Waals surface area contributed by atoms with Crippen LogP contribution in [-0.2, 0) is 6.54 Å². The maximum Gasteiger partial charge on any atom is 0.169 e. The van der Waals surface area contributed by atoms with Gasteiger partial charge < -0.3 is 10.2 Å². The molecule has 0 spiro atoms. The van der Waals surface area contributed by atoms with Gasteiger partial charge >= 0.3 is 0 Å². The van der Waals surface area contributed by atoms with Gasteiger partial charge in [0.15, 0.2) is 6.26 Å². The molecule has 2 aromatic rings. The van der Waals surface area contributed by atoms with Crippen LogP contribution >= 0.6 is 0 Å². The van der Waals surface area contributed by atoms with E-state index < -0.39 is 0 Å². The molecular weight excluding hydrogens is 162 g/mol. The minimum absolute atomic E-state index is 0.581. The topological polar surface area (TPSA) is 39.2 Å². The molecule has 1 radical (unpaired) electrons. The lowest BCUT2D eigenvalue weighted by Crippen LogP contribution is -1.94. The second-order valence-corrected chi connectivity index (χ2v) is 2.85. The Bertz CT molecular complexity index is 361. The van der Waals surface area contributed by atoms with Gasteiger partial charge in [-0.1, -0.05) is 24.3 Å². The molecule has 0 amide bonds. The predicted octanol–water partition coefficient (Wildman–Crippen LogP) is 2.21. The Morgan fingerprint density at radius 2 is 1.92 bits per heavy atom. The van der Waals surface area contributed by atoms with Gasteiger partial charge in [0.1, 0.15) is 0 Å². The molecule has 1 aromatic carbocycles. The van der Waals surface area contributed by atoms with E-state index in [1.165, 1.54) is 0 Å². The van der Waals surface area contributed by atoms with Crippen molar-refractivity contribution in [3.8, 4) is 11.1 Å². The van der Waals surface area contributed by atoms with Crippen molar-refractivity contribution in [2.45, 2.75) is 6.54 Å². The highest BCUT2D eigenvalue weighted by molar-refractivity contribution is 5.61. The fraction of sp³-hybridized carbons (Fsp3) is 0.0909. The molecule has 13 heavy (non-hydrogen) atoms. The number of nitrogens with two attached hydrogens (primary N) is 1. The van der Waals surface area contributed by atoms with Crippen LogP contribution in [0.2, 0.25) is 0 Å². The van der Waals surface area contributed by atoms with E-state index in [1.54, 1.807) is 6.26 Å². The summed E-state index contributed by atoms with van der Waals surface area (Å²) in [6.07, 6.45) is 4.34. The standard InChI is InChI=1S/C11H10NO/c12-7-9-1-3-10(4-2-9)11-5-6-13-8-11/h1-5,8H,7,12H2. The van der Waals surface area contributed by atoms with E-state index in [9.17, 15) is 0 Å². The lowest BCUT2D eigenvalue weighted by Gasteiger charge is -1.98. The highest BCUT2D eigenvalue weighted by Crippen LogP contribution is 2.19. The number of furan rings is 1. The molecule has 1 aromatic heterocycles. The van der Waals surface area contributed by atoms with Crippen LogP contribution in [-0.4, -0.2) is 0 Å². The lowest BCUT2D eigenvalue weighted by molar-refractivity contribution is 0.559. The largest absolute Gasteiger partial charge is 0.460 e. The fourth-order valence-corrected chi connectivity index (χ4v) is 1.21. The number of hydrogen-bond acceptors (Lipinski definition) is 2. The first-order valence-electron chi connectivity index (χ1n) is 4.14. The van der Waals surface area contributed by atoms with Crippen LogP contribution in [0.1, 0.15) is 5.56 Å². The predicted molar refractivity (Wildman–Crippen MR) is 50.9 cm³/mol. The van der Waals surface area contributed by atoms with E-state index in [0.29, 0.717) is 6.54 Å². The molecule has 0 aliphatic carbocycles. The zero-order valence-electron chi connectivity index (χ0n) is 7.16. The minimum atomic E-state index is 0.581. The van der Waals surface area contributed by atoms with Crippen LogP contribution in [0.15, 0.2) is 41.0 Å². The Kier molecular flexibility index (Phi) is 2.15. The normalized spacial score (nSPS) is 10.2. The van der Waals surface area contributed by atoms with Crippen LogP contribution < -0.4 is 5.73 Å². The van der Waals surface area contributed by atoms with Crippen LogP contribution in [0, 0.1) is 6.26 Å². The average molecular weight is 172 g/mol. The highest BCUT2D eigenvalue weighted by atomic mass is 16.3. The number of benzene rings is 1. The summed E-state index contributed by atoms with van der Waals surface area (Å²) in [5.74, 6) is 0. The lowest BCUT2D eigenvalue weighted by atomic mass is 10.1. The average Bonchev–Trinajstić information content (AvgIpc) is 2.71. The Labute approximate surface area is 77.0 Å². The summed E-state index contributed by atoms with van der Waals surface area (Å²) in [5.41, 5.74) is 8.80. The molecule has 0 saturated carbocycles. The van der Waals surface area contributed by atoms with Crippen LogP contribution in [0.5, 0.6) is 0 Å². The third-order valence-electron chi connectivity index (χ3n) is 1.99. The molecule has 0 atom stereocenters. The SMILES string of the molecule is NCc1ccc(-c2c[c]oc2)cc1. The smallest absolute Gasteiger partial charge is 0.169 e. The Hall–Kier alpha value is -1.54. The van der Waals surface area contributed by atoms with Crippen molar-refractivity contribution in [1.82, 2.24) is 0 Å². The maximum atomic E-state index is 5.49. The zero-order valence-corrected chi connectivity index (χ0v) is 7.16. The Balaban J connectivity index is 2.33. The van der Waals surface area contributed by atoms with Crippen molar-refractivity contribution in [3.05, 3.63) is 48.4 Å². The van der Waals surface area contributed by atoms with Gasteiger partial charge in [-0.15, -0.1) is 0 Å².